The smallest absolute Gasteiger partial charge is 0.412 e. The lowest BCUT2D eigenvalue weighted by molar-refractivity contribution is -0.145. The lowest BCUT2D eigenvalue weighted by atomic mass is 10.0. The van der Waals surface area contributed by atoms with Crippen LogP contribution in [0.25, 0.3) is 21.5 Å². The average Bonchev–Trinajstić information content (AvgIpc) is 3.23. The molecule has 330 valence electrons. The minimum atomic E-state index is -4.05. The number of carbonyl (C=O) groups excluding carboxylic acids is 3. The molecule has 5 rings (SSSR count). The Morgan fingerprint density at radius 3 is 1.94 bits per heavy atom. The van der Waals surface area contributed by atoms with Gasteiger partial charge in [-0.2, -0.15) is 0 Å². The van der Waals surface area contributed by atoms with Crippen LogP contribution >= 0.6 is 11.6 Å². The quantitative estimate of drug-likeness (QED) is 0.0522. The van der Waals surface area contributed by atoms with Gasteiger partial charge < -0.3 is 28.7 Å². The Balaban J connectivity index is 1.39. The molecule has 0 heterocycles. The maximum atomic E-state index is 13.5. The van der Waals surface area contributed by atoms with Gasteiger partial charge in [0.2, 0.25) is 0 Å². The Labute approximate surface area is 374 Å². The summed E-state index contributed by atoms with van der Waals surface area (Å²) in [6.07, 6.45) is 11.0. The molecule has 0 bridgehead atoms. The van der Waals surface area contributed by atoms with Gasteiger partial charge in [-0.1, -0.05) is 59.8 Å². The van der Waals surface area contributed by atoms with Crippen molar-refractivity contribution in [2.45, 2.75) is 76.6 Å². The van der Waals surface area contributed by atoms with E-state index in [1.165, 1.54) is 32.4 Å². The third-order valence-electron chi connectivity index (χ3n) is 10.0. The van der Waals surface area contributed by atoms with E-state index in [9.17, 15) is 22.8 Å². The van der Waals surface area contributed by atoms with Crippen molar-refractivity contribution in [2.75, 3.05) is 47.1 Å². The van der Waals surface area contributed by atoms with Crippen LogP contribution in [0.4, 0.5) is 27.5 Å². The second kappa shape index (κ2) is 20.5. The molecule has 0 saturated carbocycles. The highest BCUT2D eigenvalue weighted by Crippen LogP contribution is 2.37. The first-order chi connectivity index (χ1) is 29.9. The highest BCUT2D eigenvalue weighted by atomic mass is 35.5. The van der Waals surface area contributed by atoms with Crippen LogP contribution in [-0.4, -0.2) is 71.4 Å². The fraction of sp³-hybridized carbons (Fsp3) is 0.312. The highest BCUT2D eigenvalue weighted by molar-refractivity contribution is 7.92. The molecular formula is C48H51ClN4O9S. The summed E-state index contributed by atoms with van der Waals surface area (Å²) >= 11 is 6.24. The Bertz CT molecular complexity index is 2700. The molecule has 0 aliphatic carbocycles. The van der Waals surface area contributed by atoms with E-state index < -0.39 is 39.7 Å². The molecule has 5 aromatic rings. The average molecular weight is 895 g/mol. The van der Waals surface area contributed by atoms with Crippen LogP contribution in [0.1, 0.15) is 53.0 Å². The van der Waals surface area contributed by atoms with E-state index in [-0.39, 0.29) is 48.5 Å². The Kier molecular flexibility index (Phi) is 15.4. The number of esters is 2. The molecule has 15 heteroatoms. The van der Waals surface area contributed by atoms with Crippen molar-refractivity contribution in [1.82, 2.24) is 0 Å². The van der Waals surface area contributed by atoms with E-state index in [4.69, 9.17) is 43.4 Å². The molecule has 0 aliphatic heterocycles. The normalized spacial score (nSPS) is 12.3. The van der Waals surface area contributed by atoms with Gasteiger partial charge in [-0.3, -0.25) is 19.6 Å². The van der Waals surface area contributed by atoms with Crippen LogP contribution < -0.4 is 24.6 Å². The van der Waals surface area contributed by atoms with Crippen molar-refractivity contribution in [3.05, 3.63) is 95.5 Å². The number of hydrogen-bond donors (Lipinski definition) is 2. The number of amides is 1. The van der Waals surface area contributed by atoms with E-state index in [0.717, 1.165) is 0 Å². The van der Waals surface area contributed by atoms with Gasteiger partial charge in [0.15, 0.2) is 0 Å². The number of nitrogens with zero attached hydrogens (tertiary/aromatic N) is 2. The summed E-state index contributed by atoms with van der Waals surface area (Å²) in [4.78, 5) is 42.4. The molecule has 2 atom stereocenters. The molecule has 13 nitrogen and oxygen atoms in total. The number of fused-ring (bicyclic) bond motifs is 2. The molecule has 63 heavy (non-hydrogen) atoms. The molecule has 0 aliphatic rings. The van der Waals surface area contributed by atoms with Crippen LogP contribution in [0.5, 0.6) is 5.75 Å². The first-order valence-corrected chi connectivity index (χ1v) is 21.8. The van der Waals surface area contributed by atoms with Crippen LogP contribution in [-0.2, 0) is 40.4 Å². The largest absolute Gasteiger partial charge is 0.495 e. The summed E-state index contributed by atoms with van der Waals surface area (Å²) in [7, 11) is -1.28. The third kappa shape index (κ3) is 11.9. The number of methoxy groups -OCH3 is 2. The van der Waals surface area contributed by atoms with Crippen molar-refractivity contribution < 1.29 is 41.7 Å². The molecular weight excluding hydrogens is 844 g/mol. The molecule has 0 radical (unpaired) electrons. The maximum absolute atomic E-state index is 13.5. The number of benzene rings is 5. The van der Waals surface area contributed by atoms with Gasteiger partial charge in [0.05, 0.1) is 61.4 Å². The molecule has 0 aromatic heterocycles. The minimum absolute atomic E-state index is 0.0353. The van der Waals surface area contributed by atoms with Gasteiger partial charge in [-0.15, -0.1) is 12.8 Å². The SMILES string of the molecule is C#CCN(c1ccc(NC(=O)OC(C)(C)C)c2ccc(COC(=O)C[C@H](C)N(CC#C)c3ccc(NS(=O)(=O)c4ccc(OC)c(Cl)c4)c4ccccc34)cc12)[C@@H](C)CC(=O)OC. The molecule has 5 aromatic carbocycles. The summed E-state index contributed by atoms with van der Waals surface area (Å²) in [5, 5.41) is 5.64. The number of rotatable bonds is 17. The van der Waals surface area contributed by atoms with Gasteiger partial charge in [-0.25, -0.2) is 13.2 Å². The van der Waals surface area contributed by atoms with Crippen LogP contribution in [0, 0.1) is 24.7 Å². The second-order valence-electron chi connectivity index (χ2n) is 15.7. The fourth-order valence-corrected chi connectivity index (χ4v) is 8.47. The van der Waals surface area contributed by atoms with Gasteiger partial charge >= 0.3 is 18.0 Å². The highest BCUT2D eigenvalue weighted by Gasteiger charge is 2.25. The zero-order valence-electron chi connectivity index (χ0n) is 36.3. The second-order valence-corrected chi connectivity index (χ2v) is 17.8. The molecule has 0 fully saturated rings. The van der Waals surface area contributed by atoms with Crippen molar-refractivity contribution in [3.63, 3.8) is 0 Å². The monoisotopic (exact) mass is 894 g/mol. The number of anilines is 4. The molecule has 0 spiro atoms. The summed E-state index contributed by atoms with van der Waals surface area (Å²) < 4.78 is 51.1. The molecule has 0 saturated heterocycles. The minimum Gasteiger partial charge on any atom is -0.495 e. The topological polar surface area (TPSA) is 153 Å². The number of sulfonamides is 1. The van der Waals surface area contributed by atoms with E-state index in [1.807, 2.05) is 47.9 Å². The fourth-order valence-electron chi connectivity index (χ4n) is 7.05. The van der Waals surface area contributed by atoms with Crippen molar-refractivity contribution in [3.8, 4) is 30.4 Å². The summed E-state index contributed by atoms with van der Waals surface area (Å²) in [6, 6.07) is 23.1. The third-order valence-corrected chi connectivity index (χ3v) is 11.7. The predicted octanol–water partition coefficient (Wildman–Crippen LogP) is 9.16. The number of carbonyl (C=O) groups is 3. The Morgan fingerprint density at radius 1 is 0.762 bits per heavy atom. The summed E-state index contributed by atoms with van der Waals surface area (Å²) in [6.45, 7) is 9.26. The van der Waals surface area contributed by atoms with Crippen molar-refractivity contribution in [1.29, 1.82) is 0 Å². The van der Waals surface area contributed by atoms with Gasteiger partial charge in [-0.05, 0) is 88.7 Å². The zero-order valence-corrected chi connectivity index (χ0v) is 37.9. The Hall–Kier alpha value is -6.61. The van der Waals surface area contributed by atoms with Gasteiger partial charge in [0.25, 0.3) is 10.0 Å². The van der Waals surface area contributed by atoms with E-state index in [1.54, 1.807) is 63.2 Å². The lowest BCUT2D eigenvalue weighted by Crippen LogP contribution is -2.35. The molecule has 2 N–H and O–H groups in total. The summed E-state index contributed by atoms with van der Waals surface area (Å²) in [5.41, 5.74) is 2.12. The van der Waals surface area contributed by atoms with Crippen LogP contribution in [0.15, 0.2) is 89.8 Å². The number of terminal acetylenes is 2. The standard InChI is InChI=1S/C48H51ClN4O9S/c1-10-24-52(42-22-20-41(35-14-12-13-15-37(35)42)51-63(57,58)34-17-23-44(59-8)39(49)29-34)32(4)27-46(55)61-30-33-16-18-36-38(28-33)43(53(25-11-2)31(3)26-45(54)60-9)21-19-40(36)50-47(56)62-48(5,6)7/h1-2,12-23,28-29,31-32,51H,24-27,30H2,3-9H3,(H,50,56)/t31-,32-/m0/s1. The van der Waals surface area contributed by atoms with Crippen molar-refractivity contribution in [2.24, 2.45) is 0 Å². The number of nitrogens with one attached hydrogen (secondary N) is 2. The number of halogens is 1. The van der Waals surface area contributed by atoms with E-state index in [2.05, 4.69) is 21.9 Å². The summed E-state index contributed by atoms with van der Waals surface area (Å²) in [5.74, 6) is 4.82. The Morgan fingerprint density at radius 2 is 1.35 bits per heavy atom. The van der Waals surface area contributed by atoms with Gasteiger partial charge in [0, 0.05) is 45.0 Å². The van der Waals surface area contributed by atoms with Crippen molar-refractivity contribution >= 4 is 84.0 Å². The molecule has 1 amide bonds. The first-order valence-electron chi connectivity index (χ1n) is 20.0. The number of ether oxygens (including phenoxy) is 4. The maximum Gasteiger partial charge on any atom is 0.412 e. The van der Waals surface area contributed by atoms with E-state index >= 15 is 0 Å². The van der Waals surface area contributed by atoms with Crippen LogP contribution in [0.2, 0.25) is 5.02 Å². The molecule has 0 unspecified atom stereocenters. The zero-order chi connectivity index (χ0) is 46.1. The first kappa shape index (κ1) is 47.4. The van der Waals surface area contributed by atoms with Crippen LogP contribution in [0.3, 0.4) is 0 Å². The van der Waals surface area contributed by atoms with E-state index in [0.29, 0.717) is 55.6 Å². The lowest BCUT2D eigenvalue weighted by Gasteiger charge is -2.31. The van der Waals surface area contributed by atoms with Gasteiger partial charge in [0.1, 0.15) is 18.0 Å². The number of hydrogen-bond acceptors (Lipinski definition) is 11. The predicted molar refractivity (Wildman–Crippen MR) is 249 cm³/mol.